The van der Waals surface area contributed by atoms with Crippen LogP contribution in [-0.2, 0) is 22.4 Å². The summed E-state index contributed by atoms with van der Waals surface area (Å²) in [6.45, 7) is 0.800. The topological polar surface area (TPSA) is 55.4 Å². The number of methoxy groups -OCH3 is 1. The van der Waals surface area contributed by atoms with Gasteiger partial charge in [0.15, 0.2) is 0 Å². The third-order valence-corrected chi connectivity index (χ3v) is 4.63. The zero-order valence-electron chi connectivity index (χ0n) is 11.7. The maximum Gasteiger partial charge on any atom is 0.337 e. The summed E-state index contributed by atoms with van der Waals surface area (Å²) >= 11 is 0. The fraction of sp³-hybridized carbons (Fsp3) is 0.500. The molecule has 1 atom stereocenters. The van der Waals surface area contributed by atoms with E-state index in [1.807, 2.05) is 12.1 Å². The highest BCUT2D eigenvalue weighted by atomic mass is 16.5. The predicted octanol–water partition coefficient (Wildman–Crippen LogP) is 1.86. The number of hydrogen-bond acceptors (Lipinski definition) is 3. The lowest BCUT2D eigenvalue weighted by Gasteiger charge is -2.39. The van der Waals surface area contributed by atoms with Crippen LogP contribution >= 0.6 is 0 Å². The second-order valence-electron chi connectivity index (χ2n) is 5.79. The molecule has 0 aromatic heterocycles. The van der Waals surface area contributed by atoms with E-state index in [0.717, 1.165) is 38.6 Å². The van der Waals surface area contributed by atoms with Crippen LogP contribution in [0.3, 0.4) is 0 Å². The van der Waals surface area contributed by atoms with Crippen molar-refractivity contribution in [2.24, 2.45) is 5.41 Å². The molecule has 4 nitrogen and oxygen atoms in total. The molecule has 1 heterocycles. The number of piperidine rings is 1. The van der Waals surface area contributed by atoms with E-state index >= 15 is 0 Å². The van der Waals surface area contributed by atoms with Crippen molar-refractivity contribution >= 4 is 11.9 Å². The molecule has 0 bridgehead atoms. The van der Waals surface area contributed by atoms with Crippen LogP contribution in [-0.4, -0.2) is 25.5 Å². The highest BCUT2D eigenvalue weighted by Crippen LogP contribution is 2.41. The Kier molecular flexibility index (Phi) is 3.24. The number of nitrogens with one attached hydrogen (secondary N) is 1. The minimum absolute atomic E-state index is 0.200. The number of hydrogen-bond donors (Lipinski definition) is 1. The molecular weight excluding hydrogens is 254 g/mol. The smallest absolute Gasteiger partial charge is 0.337 e. The summed E-state index contributed by atoms with van der Waals surface area (Å²) in [6.07, 6.45) is 4.54. The largest absolute Gasteiger partial charge is 0.465 e. The maximum absolute atomic E-state index is 12.2. The van der Waals surface area contributed by atoms with E-state index < -0.39 is 0 Å². The van der Waals surface area contributed by atoms with Crippen LogP contribution < -0.4 is 5.32 Å². The van der Waals surface area contributed by atoms with E-state index in [2.05, 4.69) is 5.32 Å². The van der Waals surface area contributed by atoms with Crippen molar-refractivity contribution in [3.63, 3.8) is 0 Å². The summed E-state index contributed by atoms with van der Waals surface area (Å²) < 4.78 is 4.75. The van der Waals surface area contributed by atoms with Crippen molar-refractivity contribution < 1.29 is 14.3 Å². The summed E-state index contributed by atoms with van der Waals surface area (Å²) in [6, 6.07) is 5.68. The lowest BCUT2D eigenvalue weighted by molar-refractivity contribution is -0.134. The average molecular weight is 273 g/mol. The number of aryl methyl sites for hydroxylation is 1. The molecule has 3 rings (SSSR count). The fourth-order valence-electron chi connectivity index (χ4n) is 3.44. The lowest BCUT2D eigenvalue weighted by atomic mass is 9.67. The number of carbonyl (C=O) groups is 2. The second-order valence-corrected chi connectivity index (χ2v) is 5.79. The third-order valence-electron chi connectivity index (χ3n) is 4.63. The number of benzene rings is 1. The van der Waals surface area contributed by atoms with Crippen LogP contribution in [0.2, 0.25) is 0 Å². The highest BCUT2D eigenvalue weighted by Gasteiger charge is 2.42. The van der Waals surface area contributed by atoms with Gasteiger partial charge in [0.2, 0.25) is 5.91 Å². The normalized spacial score (nSPS) is 24.9. The molecule has 4 heteroatoms. The highest BCUT2D eigenvalue weighted by molar-refractivity contribution is 5.90. The molecule has 0 unspecified atom stereocenters. The zero-order valence-corrected chi connectivity index (χ0v) is 11.7. The van der Waals surface area contributed by atoms with E-state index in [1.165, 1.54) is 18.2 Å². The molecular formula is C16H19NO3. The number of esters is 1. The maximum atomic E-state index is 12.2. The molecule has 1 aromatic rings. The standard InChI is InChI=1S/C16H19NO3/c1-20-14(18)12-3-4-13-10-16(7-5-11(13)9-12)6-2-8-17-15(16)19/h3-4,9H,2,5-8,10H2,1H3,(H,17,19)/t16-/m1/s1. The van der Waals surface area contributed by atoms with Crippen molar-refractivity contribution in [3.8, 4) is 0 Å². The first kappa shape index (κ1) is 13.2. The van der Waals surface area contributed by atoms with Gasteiger partial charge in [0, 0.05) is 6.54 Å². The lowest BCUT2D eigenvalue weighted by Crippen LogP contribution is -2.48. The average Bonchev–Trinajstić information content (AvgIpc) is 2.49. The van der Waals surface area contributed by atoms with Crippen molar-refractivity contribution in [1.82, 2.24) is 5.32 Å². The molecule has 1 fully saturated rings. The Morgan fingerprint density at radius 3 is 2.90 bits per heavy atom. The fourth-order valence-corrected chi connectivity index (χ4v) is 3.44. The van der Waals surface area contributed by atoms with Crippen LogP contribution in [0.25, 0.3) is 0 Å². The summed E-state index contributed by atoms with van der Waals surface area (Å²) in [4.78, 5) is 23.8. The van der Waals surface area contributed by atoms with Gasteiger partial charge in [-0.05, 0) is 55.4 Å². The third kappa shape index (κ3) is 2.09. The summed E-state index contributed by atoms with van der Waals surface area (Å²) in [5.41, 5.74) is 2.74. The van der Waals surface area contributed by atoms with Crippen LogP contribution in [0, 0.1) is 5.41 Å². The first-order valence-corrected chi connectivity index (χ1v) is 7.13. The SMILES string of the molecule is COC(=O)c1ccc2c(c1)CC[C@]1(CCCNC1=O)C2. The van der Waals surface area contributed by atoms with Crippen molar-refractivity contribution in [3.05, 3.63) is 34.9 Å². The van der Waals surface area contributed by atoms with Gasteiger partial charge in [-0.1, -0.05) is 6.07 Å². The second kappa shape index (κ2) is 4.93. The van der Waals surface area contributed by atoms with Crippen LogP contribution in [0.5, 0.6) is 0 Å². The molecule has 1 spiro atoms. The monoisotopic (exact) mass is 273 g/mol. The molecule has 1 aromatic carbocycles. The Hall–Kier alpha value is -1.84. The van der Waals surface area contributed by atoms with Crippen molar-refractivity contribution in [2.45, 2.75) is 32.1 Å². The van der Waals surface area contributed by atoms with Crippen LogP contribution in [0.4, 0.5) is 0 Å². The molecule has 0 radical (unpaired) electrons. The molecule has 1 saturated heterocycles. The minimum atomic E-state index is -0.302. The van der Waals surface area contributed by atoms with E-state index in [4.69, 9.17) is 4.74 Å². The van der Waals surface area contributed by atoms with Gasteiger partial charge in [-0.15, -0.1) is 0 Å². The van der Waals surface area contributed by atoms with Gasteiger partial charge in [0.05, 0.1) is 18.1 Å². The Labute approximate surface area is 118 Å². The molecule has 1 N–H and O–H groups in total. The Morgan fingerprint density at radius 2 is 2.15 bits per heavy atom. The summed E-state index contributed by atoms with van der Waals surface area (Å²) in [7, 11) is 1.39. The summed E-state index contributed by atoms with van der Waals surface area (Å²) in [5, 5.41) is 3.00. The molecule has 20 heavy (non-hydrogen) atoms. The van der Waals surface area contributed by atoms with Crippen LogP contribution in [0.1, 0.15) is 40.7 Å². The zero-order chi connectivity index (χ0) is 14.2. The van der Waals surface area contributed by atoms with Crippen molar-refractivity contribution in [1.29, 1.82) is 0 Å². The van der Waals surface area contributed by atoms with E-state index in [1.54, 1.807) is 6.07 Å². The molecule has 1 aliphatic carbocycles. The number of ether oxygens (including phenoxy) is 1. The molecule has 106 valence electrons. The molecule has 1 aliphatic heterocycles. The van der Waals surface area contributed by atoms with Gasteiger partial charge in [-0.3, -0.25) is 4.79 Å². The number of fused-ring (bicyclic) bond motifs is 1. The van der Waals surface area contributed by atoms with Gasteiger partial charge in [0.25, 0.3) is 0 Å². The minimum Gasteiger partial charge on any atom is -0.465 e. The Bertz CT molecular complexity index is 567. The Balaban J connectivity index is 1.89. The quantitative estimate of drug-likeness (QED) is 0.795. The summed E-state index contributed by atoms with van der Waals surface area (Å²) in [5.74, 6) is -0.102. The van der Waals surface area contributed by atoms with Gasteiger partial charge < -0.3 is 10.1 Å². The molecule has 0 saturated carbocycles. The van der Waals surface area contributed by atoms with E-state index in [9.17, 15) is 9.59 Å². The van der Waals surface area contributed by atoms with Crippen molar-refractivity contribution in [2.75, 3.05) is 13.7 Å². The van der Waals surface area contributed by atoms with Crippen LogP contribution in [0.15, 0.2) is 18.2 Å². The predicted molar refractivity (Wildman–Crippen MR) is 74.5 cm³/mol. The number of rotatable bonds is 1. The first-order valence-electron chi connectivity index (χ1n) is 7.13. The van der Waals surface area contributed by atoms with Gasteiger partial charge in [0.1, 0.15) is 0 Å². The number of carbonyl (C=O) groups excluding carboxylic acids is 2. The molecule has 2 aliphatic rings. The molecule has 1 amide bonds. The van der Waals surface area contributed by atoms with E-state index in [-0.39, 0.29) is 17.3 Å². The number of amides is 1. The Morgan fingerprint density at radius 1 is 1.30 bits per heavy atom. The van der Waals surface area contributed by atoms with E-state index in [0.29, 0.717) is 5.56 Å². The van der Waals surface area contributed by atoms with Gasteiger partial charge in [-0.25, -0.2) is 4.79 Å². The van der Waals surface area contributed by atoms with Gasteiger partial charge >= 0.3 is 5.97 Å². The first-order chi connectivity index (χ1) is 9.64. The van der Waals surface area contributed by atoms with Gasteiger partial charge in [-0.2, -0.15) is 0 Å².